The molecule has 0 atom stereocenters. The van der Waals surface area contributed by atoms with Crippen LogP contribution in [-0.4, -0.2) is 19.9 Å². The van der Waals surface area contributed by atoms with Gasteiger partial charge in [-0.15, -0.1) is 11.3 Å². The van der Waals surface area contributed by atoms with Crippen LogP contribution < -0.4 is 16.8 Å². The molecule has 0 saturated carbocycles. The Balaban J connectivity index is 2.25. The molecule has 0 spiro atoms. The number of nitrogens with zero attached hydrogens (tertiary/aromatic N) is 4. The number of nitrogens with two attached hydrogens (primary N) is 2. The number of thiazole rings is 1. The molecule has 0 amide bonds. The molecular weight excluding hydrogens is 202 g/mol. The summed E-state index contributed by atoms with van der Waals surface area (Å²) in [5, 5.41) is 5.36. The van der Waals surface area contributed by atoms with Crippen molar-refractivity contribution in [2.75, 3.05) is 16.8 Å². The lowest BCUT2D eigenvalue weighted by Gasteiger charge is -2.01. The SMILES string of the molecule is Nc1nc(N)nc(Nc2nccs2)n1. The summed E-state index contributed by atoms with van der Waals surface area (Å²) in [5.74, 6) is 0.457. The van der Waals surface area contributed by atoms with Gasteiger partial charge in [-0.25, -0.2) is 4.98 Å². The van der Waals surface area contributed by atoms with Crippen molar-refractivity contribution in [1.29, 1.82) is 0 Å². The molecular formula is C6H7N7S. The van der Waals surface area contributed by atoms with Crippen molar-refractivity contribution >= 4 is 34.3 Å². The second-order valence-electron chi connectivity index (χ2n) is 2.34. The van der Waals surface area contributed by atoms with E-state index in [2.05, 4.69) is 25.3 Å². The van der Waals surface area contributed by atoms with Gasteiger partial charge in [0.15, 0.2) is 5.13 Å². The van der Waals surface area contributed by atoms with E-state index in [1.54, 1.807) is 6.20 Å². The number of nitrogen functional groups attached to an aromatic ring is 2. The Hall–Kier alpha value is -1.96. The monoisotopic (exact) mass is 209 g/mol. The first-order valence-corrected chi connectivity index (χ1v) is 4.55. The molecule has 5 N–H and O–H groups in total. The molecule has 0 fully saturated rings. The van der Waals surface area contributed by atoms with Gasteiger partial charge in [0.1, 0.15) is 0 Å². The lowest BCUT2D eigenvalue weighted by atomic mass is 10.8. The molecule has 0 aliphatic heterocycles. The van der Waals surface area contributed by atoms with Gasteiger partial charge in [0.05, 0.1) is 0 Å². The highest BCUT2D eigenvalue weighted by molar-refractivity contribution is 7.13. The fourth-order valence-corrected chi connectivity index (χ4v) is 1.37. The summed E-state index contributed by atoms with van der Waals surface area (Å²) < 4.78 is 0. The van der Waals surface area contributed by atoms with E-state index in [1.807, 2.05) is 5.38 Å². The van der Waals surface area contributed by atoms with Crippen molar-refractivity contribution in [2.45, 2.75) is 0 Å². The Morgan fingerprint density at radius 3 is 2.43 bits per heavy atom. The van der Waals surface area contributed by atoms with Gasteiger partial charge in [-0.2, -0.15) is 15.0 Å². The van der Waals surface area contributed by atoms with Gasteiger partial charge in [-0.3, -0.25) is 5.32 Å². The molecule has 2 aromatic heterocycles. The number of anilines is 4. The fourth-order valence-electron chi connectivity index (χ4n) is 0.846. The highest BCUT2D eigenvalue weighted by atomic mass is 32.1. The summed E-state index contributed by atoms with van der Waals surface area (Å²) in [6.45, 7) is 0. The van der Waals surface area contributed by atoms with E-state index in [-0.39, 0.29) is 11.9 Å². The minimum Gasteiger partial charge on any atom is -0.368 e. The maximum atomic E-state index is 5.39. The van der Waals surface area contributed by atoms with Crippen LogP contribution in [0.25, 0.3) is 0 Å². The first-order valence-electron chi connectivity index (χ1n) is 3.67. The summed E-state index contributed by atoms with van der Waals surface area (Å²) in [6.07, 6.45) is 1.67. The third-order valence-electron chi connectivity index (χ3n) is 1.32. The van der Waals surface area contributed by atoms with E-state index in [4.69, 9.17) is 11.5 Å². The minimum atomic E-state index is 0.0801. The predicted octanol–water partition coefficient (Wildman–Crippen LogP) is 0.236. The number of hydrogen-bond donors (Lipinski definition) is 3. The molecule has 0 unspecified atom stereocenters. The Labute approximate surface area is 83.2 Å². The molecule has 7 nitrogen and oxygen atoms in total. The van der Waals surface area contributed by atoms with Gasteiger partial charge in [-0.05, 0) is 0 Å². The third-order valence-corrected chi connectivity index (χ3v) is 2.01. The maximum absolute atomic E-state index is 5.39. The predicted molar refractivity (Wildman–Crippen MR) is 54.0 cm³/mol. The van der Waals surface area contributed by atoms with Crippen molar-refractivity contribution in [1.82, 2.24) is 19.9 Å². The smallest absolute Gasteiger partial charge is 0.235 e. The van der Waals surface area contributed by atoms with Crippen molar-refractivity contribution in [3.05, 3.63) is 11.6 Å². The van der Waals surface area contributed by atoms with Gasteiger partial charge >= 0.3 is 0 Å². The lowest BCUT2D eigenvalue weighted by Crippen LogP contribution is -2.06. The number of hydrogen-bond acceptors (Lipinski definition) is 8. The van der Waals surface area contributed by atoms with E-state index in [1.165, 1.54) is 11.3 Å². The van der Waals surface area contributed by atoms with Gasteiger partial charge in [-0.1, -0.05) is 0 Å². The molecule has 0 saturated heterocycles. The van der Waals surface area contributed by atoms with E-state index < -0.39 is 0 Å². The van der Waals surface area contributed by atoms with Gasteiger partial charge in [0.2, 0.25) is 17.8 Å². The van der Waals surface area contributed by atoms with Crippen LogP contribution >= 0.6 is 11.3 Å². The largest absolute Gasteiger partial charge is 0.368 e. The molecule has 14 heavy (non-hydrogen) atoms. The maximum Gasteiger partial charge on any atom is 0.235 e. The van der Waals surface area contributed by atoms with Gasteiger partial charge in [0, 0.05) is 11.6 Å². The zero-order valence-corrected chi connectivity index (χ0v) is 7.82. The van der Waals surface area contributed by atoms with E-state index in [0.29, 0.717) is 11.1 Å². The highest BCUT2D eigenvalue weighted by Gasteiger charge is 2.02. The van der Waals surface area contributed by atoms with Crippen LogP contribution in [-0.2, 0) is 0 Å². The molecule has 0 radical (unpaired) electrons. The molecule has 0 aliphatic rings. The molecule has 2 rings (SSSR count). The Kier molecular flexibility index (Phi) is 2.11. The first-order chi connectivity index (χ1) is 6.74. The second-order valence-corrected chi connectivity index (χ2v) is 3.23. The first kappa shape index (κ1) is 8.63. The van der Waals surface area contributed by atoms with Crippen LogP contribution in [0.2, 0.25) is 0 Å². The minimum absolute atomic E-state index is 0.0801. The average molecular weight is 209 g/mol. The van der Waals surface area contributed by atoms with Gasteiger partial charge < -0.3 is 11.5 Å². The van der Waals surface area contributed by atoms with Crippen LogP contribution in [0.3, 0.4) is 0 Å². The molecule has 0 aliphatic carbocycles. The number of aromatic nitrogens is 4. The third kappa shape index (κ3) is 1.85. The Morgan fingerprint density at radius 1 is 1.14 bits per heavy atom. The summed E-state index contributed by atoms with van der Waals surface area (Å²) in [6, 6.07) is 0. The average Bonchev–Trinajstić information content (AvgIpc) is 2.54. The summed E-state index contributed by atoms with van der Waals surface area (Å²) >= 11 is 1.43. The van der Waals surface area contributed by atoms with Crippen LogP contribution in [0.1, 0.15) is 0 Å². The second kappa shape index (κ2) is 3.42. The summed E-state index contributed by atoms with van der Waals surface area (Å²) in [7, 11) is 0. The molecule has 2 heterocycles. The number of rotatable bonds is 2. The fraction of sp³-hybridized carbons (Fsp3) is 0. The topological polar surface area (TPSA) is 116 Å². The van der Waals surface area contributed by atoms with Crippen LogP contribution in [0, 0.1) is 0 Å². The van der Waals surface area contributed by atoms with Crippen LogP contribution in [0.4, 0.5) is 23.0 Å². The molecule has 8 heteroatoms. The van der Waals surface area contributed by atoms with Crippen molar-refractivity contribution < 1.29 is 0 Å². The van der Waals surface area contributed by atoms with Crippen LogP contribution in [0.15, 0.2) is 11.6 Å². The lowest BCUT2D eigenvalue weighted by molar-refractivity contribution is 1.08. The van der Waals surface area contributed by atoms with E-state index in [0.717, 1.165) is 0 Å². The molecule has 72 valence electrons. The van der Waals surface area contributed by atoms with Crippen LogP contribution in [0.5, 0.6) is 0 Å². The zero-order chi connectivity index (χ0) is 9.97. The van der Waals surface area contributed by atoms with Gasteiger partial charge in [0.25, 0.3) is 0 Å². The molecule has 0 aromatic carbocycles. The molecule has 2 aromatic rings. The van der Waals surface area contributed by atoms with Crippen molar-refractivity contribution in [2.24, 2.45) is 0 Å². The van der Waals surface area contributed by atoms with E-state index in [9.17, 15) is 0 Å². The Morgan fingerprint density at radius 2 is 1.86 bits per heavy atom. The highest BCUT2D eigenvalue weighted by Crippen LogP contribution is 2.15. The number of nitrogens with one attached hydrogen (secondary N) is 1. The standard InChI is InChI=1S/C6H7N7S/c7-3-10-4(8)12-5(11-3)13-6-9-1-2-14-6/h1-2H,(H5,7,8,9,10,11,12,13). The zero-order valence-electron chi connectivity index (χ0n) is 7.01. The summed E-state index contributed by atoms with van der Waals surface area (Å²) in [5.41, 5.74) is 10.8. The Bertz CT molecular complexity index is 405. The normalized spacial score (nSPS) is 10.0. The molecule has 0 bridgehead atoms. The van der Waals surface area contributed by atoms with Crippen molar-refractivity contribution in [3.63, 3.8) is 0 Å². The van der Waals surface area contributed by atoms with Crippen molar-refractivity contribution in [3.8, 4) is 0 Å². The summed E-state index contributed by atoms with van der Waals surface area (Å²) in [4.78, 5) is 15.3. The quantitative estimate of drug-likeness (QED) is 0.648. The van der Waals surface area contributed by atoms with E-state index >= 15 is 0 Å².